The second-order valence-corrected chi connectivity index (χ2v) is 4.41. The fourth-order valence-electron chi connectivity index (χ4n) is 1.62. The van der Waals surface area contributed by atoms with Crippen molar-refractivity contribution in [3.8, 4) is 5.75 Å². The summed E-state index contributed by atoms with van der Waals surface area (Å²) in [6.07, 6.45) is 0. The normalized spacial score (nSPS) is 10.7. The van der Waals surface area contributed by atoms with E-state index in [0.717, 1.165) is 5.56 Å². The van der Waals surface area contributed by atoms with Gasteiger partial charge in [-0.2, -0.15) is 8.78 Å². The molecule has 20 heavy (non-hydrogen) atoms. The molecule has 2 aromatic rings. The third-order valence-corrected chi connectivity index (χ3v) is 2.88. The molecule has 0 heterocycles. The third kappa shape index (κ3) is 4.06. The highest BCUT2D eigenvalue weighted by Crippen LogP contribution is 2.23. The van der Waals surface area contributed by atoms with Crippen LogP contribution in [0.25, 0.3) is 0 Å². The van der Waals surface area contributed by atoms with Gasteiger partial charge < -0.3 is 10.1 Å². The summed E-state index contributed by atoms with van der Waals surface area (Å²) in [4.78, 5) is 0. The lowest BCUT2D eigenvalue weighted by Crippen LogP contribution is -2.03. The average Bonchev–Trinajstić information content (AvgIpc) is 2.39. The summed E-state index contributed by atoms with van der Waals surface area (Å²) in [7, 11) is 0. The Labute approximate surface area is 119 Å². The minimum Gasteiger partial charge on any atom is -0.435 e. The van der Waals surface area contributed by atoms with E-state index in [9.17, 15) is 13.2 Å². The lowest BCUT2D eigenvalue weighted by Gasteiger charge is -2.09. The smallest absolute Gasteiger partial charge is 0.387 e. The molecule has 0 bridgehead atoms. The van der Waals surface area contributed by atoms with Crippen LogP contribution in [0.3, 0.4) is 0 Å². The molecule has 0 aliphatic carbocycles. The van der Waals surface area contributed by atoms with Gasteiger partial charge in [-0.05, 0) is 35.9 Å². The summed E-state index contributed by atoms with van der Waals surface area (Å²) in [6.45, 7) is -2.41. The van der Waals surface area contributed by atoms with Crippen molar-refractivity contribution in [3.05, 3.63) is 58.9 Å². The van der Waals surface area contributed by atoms with Gasteiger partial charge >= 0.3 is 6.61 Å². The maximum absolute atomic E-state index is 12.9. The minimum atomic E-state index is -2.84. The number of alkyl halides is 2. The van der Waals surface area contributed by atoms with Gasteiger partial charge in [0.05, 0.1) is 10.7 Å². The van der Waals surface area contributed by atoms with E-state index in [0.29, 0.717) is 12.2 Å². The molecule has 0 unspecified atom stereocenters. The molecule has 0 spiro atoms. The zero-order chi connectivity index (χ0) is 14.5. The maximum atomic E-state index is 12.9. The molecule has 0 atom stereocenters. The second kappa shape index (κ2) is 6.52. The number of benzene rings is 2. The lowest BCUT2D eigenvalue weighted by molar-refractivity contribution is -0.0498. The number of rotatable bonds is 5. The van der Waals surface area contributed by atoms with E-state index in [1.165, 1.54) is 30.3 Å². The molecule has 0 saturated heterocycles. The first-order valence-corrected chi connectivity index (χ1v) is 6.15. The molecule has 2 rings (SSSR count). The number of halogens is 4. The molecule has 0 saturated carbocycles. The van der Waals surface area contributed by atoms with Crippen LogP contribution < -0.4 is 10.1 Å². The summed E-state index contributed by atoms with van der Waals surface area (Å²) >= 11 is 5.87. The molecule has 106 valence electrons. The van der Waals surface area contributed by atoms with Crippen LogP contribution in [-0.2, 0) is 6.54 Å². The lowest BCUT2D eigenvalue weighted by atomic mass is 10.2. The van der Waals surface area contributed by atoms with Crippen molar-refractivity contribution in [1.29, 1.82) is 0 Å². The predicted octanol–water partition coefficient (Wildman–Crippen LogP) is 4.69. The van der Waals surface area contributed by atoms with E-state index >= 15 is 0 Å². The second-order valence-electron chi connectivity index (χ2n) is 4.00. The number of ether oxygens (including phenoxy) is 1. The molecule has 0 amide bonds. The van der Waals surface area contributed by atoms with E-state index in [-0.39, 0.29) is 10.8 Å². The monoisotopic (exact) mass is 301 g/mol. The van der Waals surface area contributed by atoms with E-state index in [1.54, 1.807) is 12.1 Å². The van der Waals surface area contributed by atoms with Gasteiger partial charge in [-0.3, -0.25) is 0 Å². The van der Waals surface area contributed by atoms with Crippen molar-refractivity contribution in [2.45, 2.75) is 13.2 Å². The summed E-state index contributed by atoms with van der Waals surface area (Å²) in [5, 5.41) is 3.31. The standard InChI is InChI=1S/C14H11ClF3NO/c15-12-7-10(16)3-6-13(12)19-8-9-1-4-11(5-2-9)20-14(17)18/h1-7,14,19H,8H2. The quantitative estimate of drug-likeness (QED) is 0.865. The number of hydrogen-bond donors (Lipinski definition) is 1. The average molecular weight is 302 g/mol. The van der Waals surface area contributed by atoms with Gasteiger partial charge in [0.25, 0.3) is 0 Å². The number of nitrogens with one attached hydrogen (secondary N) is 1. The van der Waals surface area contributed by atoms with Gasteiger partial charge in [-0.15, -0.1) is 0 Å². The molecule has 2 aromatic carbocycles. The first-order chi connectivity index (χ1) is 9.54. The van der Waals surface area contributed by atoms with Gasteiger partial charge in [0.1, 0.15) is 11.6 Å². The van der Waals surface area contributed by atoms with Crippen LogP contribution in [0.15, 0.2) is 42.5 Å². The number of anilines is 1. The first kappa shape index (κ1) is 14.5. The molecule has 0 fully saturated rings. The molecule has 0 aromatic heterocycles. The van der Waals surface area contributed by atoms with Crippen LogP contribution in [-0.4, -0.2) is 6.61 Å². The maximum Gasteiger partial charge on any atom is 0.387 e. The molecule has 2 nitrogen and oxygen atoms in total. The van der Waals surface area contributed by atoms with E-state index in [1.807, 2.05) is 0 Å². The Morgan fingerprint density at radius 2 is 1.80 bits per heavy atom. The summed E-state index contributed by atoms with van der Waals surface area (Å²) in [5.41, 5.74) is 1.45. The number of hydrogen-bond acceptors (Lipinski definition) is 2. The van der Waals surface area contributed by atoms with Gasteiger partial charge in [0.15, 0.2) is 0 Å². The zero-order valence-electron chi connectivity index (χ0n) is 10.2. The Morgan fingerprint density at radius 1 is 1.10 bits per heavy atom. The molecular weight excluding hydrogens is 291 g/mol. The Bertz CT molecular complexity index is 575. The topological polar surface area (TPSA) is 21.3 Å². The Hall–Kier alpha value is -1.88. The first-order valence-electron chi connectivity index (χ1n) is 5.77. The highest BCUT2D eigenvalue weighted by Gasteiger charge is 2.04. The van der Waals surface area contributed by atoms with Crippen molar-refractivity contribution in [1.82, 2.24) is 0 Å². The molecule has 1 N–H and O–H groups in total. The fourth-order valence-corrected chi connectivity index (χ4v) is 1.85. The van der Waals surface area contributed by atoms with Gasteiger partial charge in [-0.1, -0.05) is 23.7 Å². The molecule has 0 radical (unpaired) electrons. The zero-order valence-corrected chi connectivity index (χ0v) is 11.0. The van der Waals surface area contributed by atoms with Crippen LogP contribution in [0.2, 0.25) is 5.02 Å². The van der Waals surface area contributed by atoms with Gasteiger partial charge in [0, 0.05) is 6.54 Å². The molecular formula is C14H11ClF3NO. The molecule has 6 heteroatoms. The van der Waals surface area contributed by atoms with E-state index in [2.05, 4.69) is 10.1 Å². The van der Waals surface area contributed by atoms with E-state index in [4.69, 9.17) is 11.6 Å². The third-order valence-electron chi connectivity index (χ3n) is 2.56. The van der Waals surface area contributed by atoms with Crippen molar-refractivity contribution in [2.24, 2.45) is 0 Å². The summed E-state index contributed by atoms with van der Waals surface area (Å²) < 4.78 is 41.1. The van der Waals surface area contributed by atoms with Crippen molar-refractivity contribution in [2.75, 3.05) is 5.32 Å². The summed E-state index contributed by atoms with van der Waals surface area (Å²) in [5.74, 6) is -0.308. The van der Waals surface area contributed by atoms with Crippen LogP contribution >= 0.6 is 11.6 Å². The van der Waals surface area contributed by atoms with Crippen molar-refractivity contribution in [3.63, 3.8) is 0 Å². The largest absolute Gasteiger partial charge is 0.435 e. The Kier molecular flexibility index (Phi) is 4.74. The SMILES string of the molecule is Fc1ccc(NCc2ccc(OC(F)F)cc2)c(Cl)c1. The van der Waals surface area contributed by atoms with Crippen LogP contribution in [0.1, 0.15) is 5.56 Å². The van der Waals surface area contributed by atoms with Gasteiger partial charge in [0.2, 0.25) is 0 Å². The van der Waals surface area contributed by atoms with Crippen molar-refractivity contribution < 1.29 is 17.9 Å². The predicted molar refractivity (Wildman–Crippen MR) is 71.8 cm³/mol. The minimum absolute atomic E-state index is 0.101. The highest BCUT2D eigenvalue weighted by molar-refractivity contribution is 6.33. The molecule has 0 aliphatic rings. The van der Waals surface area contributed by atoms with E-state index < -0.39 is 12.4 Å². The Morgan fingerprint density at radius 3 is 2.40 bits per heavy atom. The van der Waals surface area contributed by atoms with Crippen LogP contribution in [0, 0.1) is 5.82 Å². The van der Waals surface area contributed by atoms with Crippen molar-refractivity contribution >= 4 is 17.3 Å². The fraction of sp³-hybridized carbons (Fsp3) is 0.143. The van der Waals surface area contributed by atoms with Gasteiger partial charge in [-0.25, -0.2) is 4.39 Å². The van der Waals surface area contributed by atoms with Crippen LogP contribution in [0.4, 0.5) is 18.9 Å². The Balaban J connectivity index is 1.96. The van der Waals surface area contributed by atoms with Crippen LogP contribution in [0.5, 0.6) is 5.75 Å². The highest BCUT2D eigenvalue weighted by atomic mass is 35.5. The molecule has 0 aliphatic heterocycles. The summed E-state index contributed by atoms with van der Waals surface area (Å²) in [6, 6.07) is 10.3.